The van der Waals surface area contributed by atoms with Crippen LogP contribution in [-0.2, 0) is 11.2 Å². The normalized spacial score (nSPS) is 11.2. The molecule has 0 bridgehead atoms. The summed E-state index contributed by atoms with van der Waals surface area (Å²) >= 11 is 0. The van der Waals surface area contributed by atoms with Gasteiger partial charge in [0.05, 0.1) is 18.1 Å². The van der Waals surface area contributed by atoms with Crippen LogP contribution in [0.25, 0.3) is 22.6 Å². The largest absolute Gasteiger partial charge is 0.426 e. The molecule has 0 aliphatic rings. The fourth-order valence-electron chi connectivity index (χ4n) is 3.23. The van der Waals surface area contributed by atoms with E-state index in [9.17, 15) is 10.1 Å². The molecule has 0 saturated heterocycles. The quantitative estimate of drug-likeness (QED) is 0.219. The number of esters is 1. The van der Waals surface area contributed by atoms with Gasteiger partial charge in [-0.15, -0.1) is 0 Å². The summed E-state index contributed by atoms with van der Waals surface area (Å²) < 4.78 is 5.53. The average Bonchev–Trinajstić information content (AvgIpc) is 3.15. The Labute approximate surface area is 168 Å². The Kier molecular flexibility index (Phi) is 5.22. The maximum absolute atomic E-state index is 12.4. The molecule has 1 heterocycles. The highest BCUT2D eigenvalue weighted by molar-refractivity contribution is 5.90. The van der Waals surface area contributed by atoms with Crippen molar-refractivity contribution in [3.63, 3.8) is 0 Å². The molecular formula is C25H18N2O2. The number of aromatic amines is 1. The molecule has 0 unspecified atom stereocenters. The van der Waals surface area contributed by atoms with Crippen molar-refractivity contribution in [1.29, 1.82) is 5.26 Å². The third kappa shape index (κ3) is 4.26. The van der Waals surface area contributed by atoms with Gasteiger partial charge < -0.3 is 9.72 Å². The molecule has 140 valence electrons. The van der Waals surface area contributed by atoms with Crippen molar-refractivity contribution >= 4 is 28.5 Å². The number of nitrogens with zero attached hydrogens (tertiary/aromatic N) is 1. The van der Waals surface area contributed by atoms with Crippen molar-refractivity contribution in [3.05, 3.63) is 102 Å². The number of H-pyrrole nitrogens is 1. The number of nitriles is 1. The number of rotatable bonds is 5. The molecule has 0 amide bonds. The van der Waals surface area contributed by atoms with E-state index in [4.69, 9.17) is 4.74 Å². The van der Waals surface area contributed by atoms with Crippen LogP contribution in [0, 0.1) is 11.3 Å². The number of fused-ring (bicyclic) bond motifs is 1. The van der Waals surface area contributed by atoms with E-state index in [1.807, 2.05) is 66.9 Å². The van der Waals surface area contributed by atoms with E-state index in [2.05, 4.69) is 11.1 Å². The average molecular weight is 378 g/mol. The SMILES string of the molecule is N#C/C(=C/c1cccc(OC(=O)Cc2c[nH]c3ccccc23)c1)c1ccccc1. The van der Waals surface area contributed by atoms with Crippen molar-refractivity contribution < 1.29 is 9.53 Å². The zero-order valence-electron chi connectivity index (χ0n) is 15.6. The fourth-order valence-corrected chi connectivity index (χ4v) is 3.23. The van der Waals surface area contributed by atoms with Crippen LogP contribution in [0.4, 0.5) is 0 Å². The Morgan fingerprint density at radius 3 is 2.62 bits per heavy atom. The fraction of sp³-hybridized carbons (Fsp3) is 0.0400. The molecule has 29 heavy (non-hydrogen) atoms. The van der Waals surface area contributed by atoms with Gasteiger partial charge in [0.1, 0.15) is 5.75 Å². The maximum Gasteiger partial charge on any atom is 0.315 e. The number of nitrogens with one attached hydrogen (secondary N) is 1. The number of allylic oxidation sites excluding steroid dienone is 1. The lowest BCUT2D eigenvalue weighted by molar-refractivity contribution is -0.133. The maximum atomic E-state index is 12.4. The van der Waals surface area contributed by atoms with Gasteiger partial charge >= 0.3 is 5.97 Å². The molecule has 3 aromatic carbocycles. The van der Waals surface area contributed by atoms with Crippen molar-refractivity contribution in [2.24, 2.45) is 0 Å². The molecule has 1 N–H and O–H groups in total. The predicted molar refractivity (Wildman–Crippen MR) is 114 cm³/mol. The zero-order chi connectivity index (χ0) is 20.1. The Morgan fingerprint density at radius 2 is 1.79 bits per heavy atom. The number of carbonyl (C=O) groups is 1. The van der Waals surface area contributed by atoms with E-state index in [0.717, 1.165) is 27.6 Å². The molecule has 0 aliphatic heterocycles. The van der Waals surface area contributed by atoms with E-state index in [1.54, 1.807) is 24.3 Å². The van der Waals surface area contributed by atoms with Gasteiger partial charge in [-0.2, -0.15) is 5.26 Å². The van der Waals surface area contributed by atoms with Crippen molar-refractivity contribution in [2.75, 3.05) is 0 Å². The second-order valence-corrected chi connectivity index (χ2v) is 6.62. The first-order valence-corrected chi connectivity index (χ1v) is 9.26. The van der Waals surface area contributed by atoms with Gasteiger partial charge in [-0.05, 0) is 41.0 Å². The van der Waals surface area contributed by atoms with E-state index >= 15 is 0 Å². The Balaban J connectivity index is 1.51. The van der Waals surface area contributed by atoms with Gasteiger partial charge in [0.15, 0.2) is 0 Å². The minimum atomic E-state index is -0.334. The first-order valence-electron chi connectivity index (χ1n) is 9.26. The molecule has 0 fully saturated rings. The molecule has 0 atom stereocenters. The van der Waals surface area contributed by atoms with E-state index in [-0.39, 0.29) is 12.4 Å². The molecule has 0 radical (unpaired) electrons. The van der Waals surface area contributed by atoms with Crippen LogP contribution < -0.4 is 4.74 Å². The number of benzene rings is 3. The summed E-state index contributed by atoms with van der Waals surface area (Å²) in [6.07, 6.45) is 3.80. The summed E-state index contributed by atoms with van der Waals surface area (Å²) in [7, 11) is 0. The molecule has 0 saturated carbocycles. The van der Waals surface area contributed by atoms with Gasteiger partial charge in [0.2, 0.25) is 0 Å². The summed E-state index contributed by atoms with van der Waals surface area (Å²) in [4.78, 5) is 15.6. The minimum absolute atomic E-state index is 0.178. The molecule has 4 aromatic rings. The van der Waals surface area contributed by atoms with Crippen LogP contribution in [0.3, 0.4) is 0 Å². The second kappa shape index (κ2) is 8.28. The molecule has 4 nitrogen and oxygen atoms in total. The summed E-state index contributed by atoms with van der Waals surface area (Å²) in [5.41, 5.74) is 4.08. The number of para-hydroxylation sites is 1. The van der Waals surface area contributed by atoms with Gasteiger partial charge in [-0.25, -0.2) is 0 Å². The van der Waals surface area contributed by atoms with Crippen LogP contribution in [-0.4, -0.2) is 11.0 Å². The molecule has 0 aliphatic carbocycles. The van der Waals surface area contributed by atoms with Gasteiger partial charge in [-0.3, -0.25) is 4.79 Å². The Bertz CT molecular complexity index is 1230. The van der Waals surface area contributed by atoms with E-state index in [1.165, 1.54) is 0 Å². The third-order valence-corrected chi connectivity index (χ3v) is 4.62. The Morgan fingerprint density at radius 1 is 1.00 bits per heavy atom. The number of ether oxygens (including phenoxy) is 1. The standard InChI is InChI=1S/C25H18N2O2/c26-16-20(19-8-2-1-3-9-19)13-18-7-6-10-22(14-18)29-25(28)15-21-17-27-24-12-5-4-11-23(21)24/h1-14,17,27H,15H2/b20-13-. The highest BCUT2D eigenvalue weighted by atomic mass is 16.5. The number of carbonyl (C=O) groups excluding carboxylic acids is 1. The first-order chi connectivity index (χ1) is 14.2. The first kappa shape index (κ1) is 18.3. The van der Waals surface area contributed by atoms with Gasteiger partial charge in [-0.1, -0.05) is 60.7 Å². The summed E-state index contributed by atoms with van der Waals surface area (Å²) in [5.74, 6) is 0.119. The molecule has 1 aromatic heterocycles. The molecule has 4 heteroatoms. The van der Waals surface area contributed by atoms with Crippen molar-refractivity contribution in [2.45, 2.75) is 6.42 Å². The Hall–Kier alpha value is -4.10. The highest BCUT2D eigenvalue weighted by Crippen LogP contribution is 2.22. The van der Waals surface area contributed by atoms with Crippen LogP contribution >= 0.6 is 0 Å². The molecular weight excluding hydrogens is 360 g/mol. The second-order valence-electron chi connectivity index (χ2n) is 6.62. The number of hydrogen-bond donors (Lipinski definition) is 1. The van der Waals surface area contributed by atoms with Gasteiger partial charge in [0.25, 0.3) is 0 Å². The van der Waals surface area contributed by atoms with Crippen LogP contribution in [0.1, 0.15) is 16.7 Å². The topological polar surface area (TPSA) is 65.9 Å². The van der Waals surface area contributed by atoms with Crippen LogP contribution in [0.5, 0.6) is 5.75 Å². The van der Waals surface area contributed by atoms with Crippen LogP contribution in [0.2, 0.25) is 0 Å². The minimum Gasteiger partial charge on any atom is -0.426 e. The monoisotopic (exact) mass is 378 g/mol. The summed E-state index contributed by atoms with van der Waals surface area (Å²) in [6, 6.07) is 26.7. The third-order valence-electron chi connectivity index (χ3n) is 4.62. The lowest BCUT2D eigenvalue weighted by atomic mass is 10.0. The zero-order valence-corrected chi connectivity index (χ0v) is 15.6. The molecule has 4 rings (SSSR count). The lowest BCUT2D eigenvalue weighted by Gasteiger charge is -2.06. The van der Waals surface area contributed by atoms with Crippen molar-refractivity contribution in [1.82, 2.24) is 4.98 Å². The number of hydrogen-bond acceptors (Lipinski definition) is 3. The smallest absolute Gasteiger partial charge is 0.315 e. The van der Waals surface area contributed by atoms with Gasteiger partial charge in [0, 0.05) is 17.1 Å². The summed E-state index contributed by atoms with van der Waals surface area (Å²) in [5, 5.41) is 10.5. The molecule has 0 spiro atoms. The number of aromatic nitrogens is 1. The lowest BCUT2D eigenvalue weighted by Crippen LogP contribution is -2.11. The summed E-state index contributed by atoms with van der Waals surface area (Å²) in [6.45, 7) is 0. The van der Waals surface area contributed by atoms with E-state index in [0.29, 0.717) is 11.3 Å². The predicted octanol–water partition coefficient (Wildman–Crippen LogP) is 5.38. The van der Waals surface area contributed by atoms with Crippen molar-refractivity contribution in [3.8, 4) is 11.8 Å². The van der Waals surface area contributed by atoms with Crippen LogP contribution in [0.15, 0.2) is 85.1 Å². The highest BCUT2D eigenvalue weighted by Gasteiger charge is 2.11. The van der Waals surface area contributed by atoms with E-state index < -0.39 is 0 Å².